The molecule has 0 aliphatic carbocycles. The van der Waals surface area contributed by atoms with Crippen LogP contribution >= 0.6 is 11.8 Å². The fourth-order valence-electron chi connectivity index (χ4n) is 1.53. The molecular weight excluding hydrogens is 176 g/mol. The number of hydrogen-bond donors (Lipinski definition) is 0. The summed E-state index contributed by atoms with van der Waals surface area (Å²) >= 11 is 2.02. The van der Waals surface area contributed by atoms with E-state index in [1.54, 1.807) is 0 Å². The maximum Gasteiger partial charge on any atom is 0.0187 e. The summed E-state index contributed by atoms with van der Waals surface area (Å²) in [5.41, 5.74) is 3.93. The van der Waals surface area contributed by atoms with Crippen molar-refractivity contribution < 1.29 is 0 Å². The number of benzene rings is 1. The first-order chi connectivity index (χ1) is 6.36. The van der Waals surface area contributed by atoms with Gasteiger partial charge < -0.3 is 0 Å². The average molecular weight is 189 g/mol. The van der Waals surface area contributed by atoms with Crippen molar-refractivity contribution in [2.45, 2.75) is 6.42 Å². The Balaban J connectivity index is 2.29. The normalized spacial score (nSPS) is 16.8. The van der Waals surface area contributed by atoms with E-state index < -0.39 is 0 Å². The summed E-state index contributed by atoms with van der Waals surface area (Å²) < 4.78 is 0. The number of thioether (sulfide) groups is 1. The van der Waals surface area contributed by atoms with Crippen LogP contribution in [0.15, 0.2) is 30.3 Å². The lowest BCUT2D eigenvalue weighted by atomic mass is 10.0. The van der Waals surface area contributed by atoms with Crippen molar-refractivity contribution in [2.24, 2.45) is 0 Å². The average Bonchev–Trinajstić information content (AvgIpc) is 2.19. The molecule has 0 bridgehead atoms. The fourth-order valence-corrected chi connectivity index (χ4v) is 2.46. The highest BCUT2D eigenvalue weighted by atomic mass is 32.2. The first-order valence-corrected chi connectivity index (χ1v) is 5.71. The maximum absolute atomic E-state index is 3.94. The van der Waals surface area contributed by atoms with Gasteiger partial charge in [0.2, 0.25) is 0 Å². The second kappa shape index (κ2) is 4.01. The van der Waals surface area contributed by atoms with E-state index in [0.717, 1.165) is 11.3 Å². The van der Waals surface area contributed by atoms with Gasteiger partial charge in [-0.25, -0.2) is 0 Å². The molecule has 0 saturated heterocycles. The van der Waals surface area contributed by atoms with E-state index in [9.17, 15) is 0 Å². The quantitative estimate of drug-likeness (QED) is 0.652. The van der Waals surface area contributed by atoms with Crippen LogP contribution in [0, 0.1) is 6.92 Å². The van der Waals surface area contributed by atoms with Crippen molar-refractivity contribution in [3.05, 3.63) is 48.4 Å². The molecule has 1 aromatic rings. The van der Waals surface area contributed by atoms with Crippen molar-refractivity contribution in [3.8, 4) is 0 Å². The van der Waals surface area contributed by atoms with Crippen LogP contribution in [0.4, 0.5) is 0 Å². The van der Waals surface area contributed by atoms with Crippen LogP contribution in [-0.4, -0.2) is 11.5 Å². The van der Waals surface area contributed by atoms with Crippen LogP contribution in [0.25, 0.3) is 5.57 Å². The number of allylic oxidation sites excluding steroid dienone is 1. The standard InChI is InChI=1S/C12H13S/c1-10-4-2-5-11(8-10)12-6-3-7-13-9-12/h2,4-6,8H,1,3,7,9H2. The Bertz CT molecular complexity index is 326. The van der Waals surface area contributed by atoms with Gasteiger partial charge in [0.25, 0.3) is 0 Å². The van der Waals surface area contributed by atoms with Crippen molar-refractivity contribution in [1.82, 2.24) is 0 Å². The lowest BCUT2D eigenvalue weighted by Crippen LogP contribution is -1.95. The third kappa shape index (κ3) is 2.16. The minimum absolute atomic E-state index is 1.11. The summed E-state index contributed by atoms with van der Waals surface area (Å²) in [4.78, 5) is 0. The first-order valence-electron chi connectivity index (χ1n) is 4.55. The van der Waals surface area contributed by atoms with E-state index in [1.165, 1.54) is 23.3 Å². The molecule has 0 spiro atoms. The van der Waals surface area contributed by atoms with Gasteiger partial charge in [-0.3, -0.25) is 0 Å². The molecule has 1 aliphatic heterocycles. The van der Waals surface area contributed by atoms with Gasteiger partial charge in [-0.15, -0.1) is 0 Å². The van der Waals surface area contributed by atoms with Gasteiger partial charge in [-0.1, -0.05) is 30.3 Å². The lowest BCUT2D eigenvalue weighted by molar-refractivity contribution is 1.22. The molecule has 13 heavy (non-hydrogen) atoms. The van der Waals surface area contributed by atoms with Gasteiger partial charge in [0, 0.05) is 5.75 Å². The Morgan fingerprint density at radius 2 is 2.23 bits per heavy atom. The van der Waals surface area contributed by atoms with Crippen LogP contribution in [0.3, 0.4) is 0 Å². The molecule has 1 radical (unpaired) electrons. The predicted molar refractivity (Wildman–Crippen MR) is 60.8 cm³/mol. The van der Waals surface area contributed by atoms with Gasteiger partial charge in [0.1, 0.15) is 0 Å². The highest BCUT2D eigenvalue weighted by molar-refractivity contribution is 7.99. The van der Waals surface area contributed by atoms with Gasteiger partial charge in [0.05, 0.1) is 0 Å². The summed E-state index contributed by atoms with van der Waals surface area (Å²) in [6.45, 7) is 3.94. The Kier molecular flexibility index (Phi) is 2.74. The van der Waals surface area contributed by atoms with Crippen LogP contribution in [-0.2, 0) is 0 Å². The monoisotopic (exact) mass is 189 g/mol. The van der Waals surface area contributed by atoms with Gasteiger partial charge >= 0.3 is 0 Å². The zero-order chi connectivity index (χ0) is 9.10. The summed E-state index contributed by atoms with van der Waals surface area (Å²) in [5, 5.41) is 0. The van der Waals surface area contributed by atoms with Crippen molar-refractivity contribution in [3.63, 3.8) is 0 Å². The summed E-state index contributed by atoms with van der Waals surface area (Å²) in [5.74, 6) is 2.43. The molecule has 0 saturated carbocycles. The van der Waals surface area contributed by atoms with Crippen LogP contribution in [0.2, 0.25) is 0 Å². The minimum atomic E-state index is 1.11. The SMILES string of the molecule is [CH2]c1cccc(C2=CCCSC2)c1. The van der Waals surface area contributed by atoms with E-state index in [2.05, 4.69) is 31.2 Å². The molecular formula is C12H13S. The Morgan fingerprint density at radius 1 is 1.31 bits per heavy atom. The van der Waals surface area contributed by atoms with Crippen LogP contribution < -0.4 is 0 Å². The van der Waals surface area contributed by atoms with Crippen LogP contribution in [0.1, 0.15) is 17.5 Å². The zero-order valence-corrected chi connectivity index (χ0v) is 8.44. The Labute approximate surface area is 84.0 Å². The molecule has 0 atom stereocenters. The van der Waals surface area contributed by atoms with E-state index >= 15 is 0 Å². The molecule has 2 rings (SSSR count). The number of hydrogen-bond acceptors (Lipinski definition) is 1. The summed E-state index contributed by atoms with van der Waals surface area (Å²) in [6.07, 6.45) is 3.56. The van der Waals surface area contributed by atoms with Crippen molar-refractivity contribution in [2.75, 3.05) is 11.5 Å². The van der Waals surface area contributed by atoms with Crippen molar-refractivity contribution >= 4 is 17.3 Å². The third-order valence-corrected chi connectivity index (χ3v) is 3.25. The molecule has 1 aliphatic rings. The molecule has 67 valence electrons. The minimum Gasteiger partial charge on any atom is -0.157 e. The van der Waals surface area contributed by atoms with Crippen molar-refractivity contribution in [1.29, 1.82) is 0 Å². The maximum atomic E-state index is 3.94. The summed E-state index contributed by atoms with van der Waals surface area (Å²) in [6, 6.07) is 8.46. The Hall–Kier alpha value is -0.690. The molecule has 1 heterocycles. The molecule has 0 amide bonds. The van der Waals surface area contributed by atoms with E-state index in [0.29, 0.717) is 0 Å². The molecule has 0 N–H and O–H groups in total. The molecule has 0 unspecified atom stereocenters. The van der Waals surface area contributed by atoms with Gasteiger partial charge in [-0.2, -0.15) is 11.8 Å². The molecule has 1 heteroatoms. The zero-order valence-electron chi connectivity index (χ0n) is 7.62. The number of rotatable bonds is 1. The highest BCUT2D eigenvalue weighted by Gasteiger charge is 2.05. The van der Waals surface area contributed by atoms with Gasteiger partial charge in [0.15, 0.2) is 0 Å². The van der Waals surface area contributed by atoms with E-state index in [-0.39, 0.29) is 0 Å². The fraction of sp³-hybridized carbons (Fsp3) is 0.250. The largest absolute Gasteiger partial charge is 0.157 e. The lowest BCUT2D eigenvalue weighted by Gasteiger charge is -2.12. The Morgan fingerprint density at radius 3 is 2.92 bits per heavy atom. The van der Waals surface area contributed by atoms with E-state index in [1.807, 2.05) is 17.8 Å². The summed E-state index contributed by atoms with van der Waals surface area (Å²) in [7, 11) is 0. The molecule has 0 fully saturated rings. The predicted octanol–water partition coefficient (Wildman–Crippen LogP) is 3.39. The van der Waals surface area contributed by atoms with Gasteiger partial charge in [-0.05, 0) is 35.8 Å². The van der Waals surface area contributed by atoms with Crippen LogP contribution in [0.5, 0.6) is 0 Å². The molecule has 0 aromatic heterocycles. The highest BCUT2D eigenvalue weighted by Crippen LogP contribution is 2.25. The molecule has 0 nitrogen and oxygen atoms in total. The topological polar surface area (TPSA) is 0 Å². The second-order valence-corrected chi connectivity index (χ2v) is 4.38. The second-order valence-electron chi connectivity index (χ2n) is 3.27. The smallest absolute Gasteiger partial charge is 0.0187 e. The first kappa shape index (κ1) is 8.89. The third-order valence-electron chi connectivity index (χ3n) is 2.21. The van der Waals surface area contributed by atoms with E-state index in [4.69, 9.17) is 0 Å². The molecule has 1 aromatic carbocycles.